The standard InChI is InChI=1S/C13H13FN2O/c1-2-9-8-16-6-5-12(9)17-13-4-3-10(15)7-11(13)14/h3-8H,2,15H2,1H3. The topological polar surface area (TPSA) is 48.1 Å². The normalized spacial score (nSPS) is 10.2. The lowest BCUT2D eigenvalue weighted by molar-refractivity contribution is 0.438. The van der Waals surface area contributed by atoms with Gasteiger partial charge in [-0.3, -0.25) is 4.98 Å². The van der Waals surface area contributed by atoms with Crippen LogP contribution in [-0.2, 0) is 6.42 Å². The van der Waals surface area contributed by atoms with Gasteiger partial charge in [0.15, 0.2) is 11.6 Å². The molecule has 1 heterocycles. The lowest BCUT2D eigenvalue weighted by atomic mass is 10.2. The molecule has 1 aromatic carbocycles. The Morgan fingerprint density at radius 1 is 1.29 bits per heavy atom. The number of aryl methyl sites for hydroxylation is 1. The second kappa shape index (κ2) is 4.82. The largest absolute Gasteiger partial charge is 0.454 e. The summed E-state index contributed by atoms with van der Waals surface area (Å²) in [6.07, 6.45) is 4.11. The summed E-state index contributed by atoms with van der Waals surface area (Å²) in [7, 11) is 0. The predicted octanol–water partition coefficient (Wildman–Crippen LogP) is 3.16. The molecule has 2 rings (SSSR count). The van der Waals surface area contributed by atoms with Crippen molar-refractivity contribution in [1.82, 2.24) is 4.98 Å². The first-order valence-corrected chi connectivity index (χ1v) is 5.36. The van der Waals surface area contributed by atoms with Crippen LogP contribution in [0.15, 0.2) is 36.7 Å². The van der Waals surface area contributed by atoms with Crippen LogP contribution >= 0.6 is 0 Å². The summed E-state index contributed by atoms with van der Waals surface area (Å²) in [5, 5.41) is 0. The molecule has 0 aliphatic carbocycles. The Morgan fingerprint density at radius 3 is 2.82 bits per heavy atom. The van der Waals surface area contributed by atoms with Crippen LogP contribution in [0.1, 0.15) is 12.5 Å². The number of rotatable bonds is 3. The molecule has 0 saturated carbocycles. The van der Waals surface area contributed by atoms with E-state index in [4.69, 9.17) is 10.5 Å². The number of aromatic nitrogens is 1. The van der Waals surface area contributed by atoms with E-state index in [9.17, 15) is 4.39 Å². The summed E-state index contributed by atoms with van der Waals surface area (Å²) in [6, 6.07) is 6.08. The Labute approximate surface area is 99.1 Å². The van der Waals surface area contributed by atoms with Crippen LogP contribution in [0.5, 0.6) is 11.5 Å². The maximum atomic E-state index is 13.6. The van der Waals surface area contributed by atoms with Crippen LogP contribution in [0.4, 0.5) is 10.1 Å². The molecule has 0 bridgehead atoms. The third-order valence-corrected chi connectivity index (χ3v) is 2.42. The van der Waals surface area contributed by atoms with Gasteiger partial charge in [0.05, 0.1) is 0 Å². The van der Waals surface area contributed by atoms with E-state index in [-0.39, 0.29) is 5.75 Å². The van der Waals surface area contributed by atoms with Gasteiger partial charge in [0, 0.05) is 29.7 Å². The maximum absolute atomic E-state index is 13.6. The summed E-state index contributed by atoms with van der Waals surface area (Å²) in [5.74, 6) is 0.315. The van der Waals surface area contributed by atoms with Crippen LogP contribution < -0.4 is 10.5 Å². The first kappa shape index (κ1) is 11.4. The Balaban J connectivity index is 2.31. The zero-order chi connectivity index (χ0) is 12.3. The van der Waals surface area contributed by atoms with E-state index in [1.54, 1.807) is 24.5 Å². The highest BCUT2D eigenvalue weighted by atomic mass is 19.1. The fourth-order valence-corrected chi connectivity index (χ4v) is 1.50. The van der Waals surface area contributed by atoms with Gasteiger partial charge >= 0.3 is 0 Å². The van der Waals surface area contributed by atoms with Crippen LogP contribution in [-0.4, -0.2) is 4.98 Å². The monoisotopic (exact) mass is 232 g/mol. The fraction of sp³-hybridized carbons (Fsp3) is 0.154. The van der Waals surface area contributed by atoms with Crippen molar-refractivity contribution in [3.8, 4) is 11.5 Å². The first-order chi connectivity index (χ1) is 8.20. The molecule has 0 aliphatic heterocycles. The van der Waals surface area contributed by atoms with E-state index in [1.165, 1.54) is 12.1 Å². The van der Waals surface area contributed by atoms with E-state index >= 15 is 0 Å². The van der Waals surface area contributed by atoms with E-state index in [0.717, 1.165) is 12.0 Å². The Kier molecular flexibility index (Phi) is 3.23. The maximum Gasteiger partial charge on any atom is 0.167 e. The molecule has 17 heavy (non-hydrogen) atoms. The lowest BCUT2D eigenvalue weighted by Gasteiger charge is -2.10. The second-order valence-electron chi connectivity index (χ2n) is 3.63. The molecular formula is C13H13FN2O. The first-order valence-electron chi connectivity index (χ1n) is 5.36. The molecule has 0 atom stereocenters. The van der Waals surface area contributed by atoms with Crippen LogP contribution in [0.25, 0.3) is 0 Å². The number of halogens is 1. The van der Waals surface area contributed by atoms with Gasteiger partial charge in [0.2, 0.25) is 0 Å². The lowest BCUT2D eigenvalue weighted by Crippen LogP contribution is -1.94. The number of nitrogen functional groups attached to an aromatic ring is 1. The Bertz CT molecular complexity index is 529. The molecule has 1 aromatic heterocycles. The van der Waals surface area contributed by atoms with Crippen molar-refractivity contribution >= 4 is 5.69 Å². The van der Waals surface area contributed by atoms with Crippen molar-refractivity contribution in [1.29, 1.82) is 0 Å². The number of nitrogens with zero attached hydrogens (tertiary/aromatic N) is 1. The number of hydrogen-bond acceptors (Lipinski definition) is 3. The molecule has 0 saturated heterocycles. The number of hydrogen-bond donors (Lipinski definition) is 1. The average molecular weight is 232 g/mol. The fourth-order valence-electron chi connectivity index (χ4n) is 1.50. The Hall–Kier alpha value is -2.10. The number of benzene rings is 1. The van der Waals surface area contributed by atoms with Gasteiger partial charge in [-0.05, 0) is 24.6 Å². The zero-order valence-electron chi connectivity index (χ0n) is 9.48. The minimum atomic E-state index is -0.469. The molecule has 0 unspecified atom stereocenters. The molecule has 0 fully saturated rings. The van der Waals surface area contributed by atoms with Crippen molar-refractivity contribution in [2.24, 2.45) is 0 Å². The summed E-state index contributed by atoms with van der Waals surface area (Å²) in [4.78, 5) is 4.00. The average Bonchev–Trinajstić information content (AvgIpc) is 2.33. The Morgan fingerprint density at radius 2 is 2.12 bits per heavy atom. The van der Waals surface area contributed by atoms with Crippen molar-refractivity contribution in [3.05, 3.63) is 48.0 Å². The van der Waals surface area contributed by atoms with Crippen LogP contribution in [0.2, 0.25) is 0 Å². The molecule has 2 N–H and O–H groups in total. The van der Waals surface area contributed by atoms with E-state index in [1.807, 2.05) is 6.92 Å². The highest BCUT2D eigenvalue weighted by molar-refractivity contribution is 5.45. The molecule has 2 aromatic rings. The van der Waals surface area contributed by atoms with Gasteiger partial charge in [-0.1, -0.05) is 6.92 Å². The summed E-state index contributed by atoms with van der Waals surface area (Å²) < 4.78 is 19.1. The molecule has 0 radical (unpaired) electrons. The number of nitrogens with two attached hydrogens (primary N) is 1. The van der Waals surface area contributed by atoms with Gasteiger partial charge in [0.25, 0.3) is 0 Å². The zero-order valence-corrected chi connectivity index (χ0v) is 9.48. The quantitative estimate of drug-likeness (QED) is 0.827. The van der Waals surface area contributed by atoms with Gasteiger partial charge in [-0.15, -0.1) is 0 Å². The molecule has 0 aliphatic rings. The van der Waals surface area contributed by atoms with Gasteiger partial charge < -0.3 is 10.5 Å². The second-order valence-corrected chi connectivity index (χ2v) is 3.63. The number of ether oxygens (including phenoxy) is 1. The number of pyridine rings is 1. The molecule has 3 nitrogen and oxygen atoms in total. The molecule has 4 heteroatoms. The van der Waals surface area contributed by atoms with Crippen LogP contribution in [0, 0.1) is 5.82 Å². The smallest absolute Gasteiger partial charge is 0.167 e. The molecular weight excluding hydrogens is 219 g/mol. The van der Waals surface area contributed by atoms with Gasteiger partial charge in [-0.2, -0.15) is 0 Å². The van der Waals surface area contributed by atoms with Crippen molar-refractivity contribution in [3.63, 3.8) is 0 Å². The van der Waals surface area contributed by atoms with Gasteiger partial charge in [-0.25, -0.2) is 4.39 Å². The minimum Gasteiger partial charge on any atom is -0.454 e. The summed E-state index contributed by atoms with van der Waals surface area (Å²) >= 11 is 0. The molecule has 0 spiro atoms. The van der Waals surface area contributed by atoms with E-state index in [0.29, 0.717) is 11.4 Å². The third kappa shape index (κ3) is 2.53. The summed E-state index contributed by atoms with van der Waals surface area (Å²) in [6.45, 7) is 1.99. The minimum absolute atomic E-state index is 0.167. The summed E-state index contributed by atoms with van der Waals surface area (Å²) in [5.41, 5.74) is 6.78. The highest BCUT2D eigenvalue weighted by Crippen LogP contribution is 2.28. The highest BCUT2D eigenvalue weighted by Gasteiger charge is 2.07. The SMILES string of the molecule is CCc1cnccc1Oc1ccc(N)cc1F. The van der Waals surface area contributed by atoms with Crippen molar-refractivity contribution in [2.75, 3.05) is 5.73 Å². The predicted molar refractivity (Wildman–Crippen MR) is 64.5 cm³/mol. The van der Waals surface area contributed by atoms with Crippen molar-refractivity contribution in [2.45, 2.75) is 13.3 Å². The molecule has 0 amide bonds. The molecule has 88 valence electrons. The van der Waals surface area contributed by atoms with Crippen LogP contribution in [0.3, 0.4) is 0 Å². The van der Waals surface area contributed by atoms with Gasteiger partial charge in [0.1, 0.15) is 5.75 Å². The third-order valence-electron chi connectivity index (χ3n) is 2.42. The van der Waals surface area contributed by atoms with Crippen molar-refractivity contribution < 1.29 is 9.13 Å². The van der Waals surface area contributed by atoms with E-state index < -0.39 is 5.82 Å². The number of anilines is 1. The van der Waals surface area contributed by atoms with E-state index in [2.05, 4.69) is 4.98 Å².